The zero-order valence-electron chi connectivity index (χ0n) is 12.7. The van der Waals surface area contributed by atoms with Crippen LogP contribution in [0.15, 0.2) is 36.7 Å². The first kappa shape index (κ1) is 13.4. The smallest absolute Gasteiger partial charge is 0.319 e. The Kier molecular flexibility index (Phi) is 2.96. The lowest BCUT2D eigenvalue weighted by Crippen LogP contribution is -2.31. The normalized spacial score (nSPS) is 25.0. The Hall–Kier alpha value is -2.30. The van der Waals surface area contributed by atoms with Gasteiger partial charge in [-0.1, -0.05) is 24.3 Å². The Morgan fingerprint density at radius 1 is 1.45 bits per heavy atom. The van der Waals surface area contributed by atoms with Gasteiger partial charge in [-0.25, -0.2) is 4.79 Å². The molecule has 0 saturated heterocycles. The molecule has 0 radical (unpaired) electrons. The number of hydrogen-bond acceptors (Lipinski definition) is 2. The van der Waals surface area contributed by atoms with Gasteiger partial charge in [-0.05, 0) is 36.3 Å². The van der Waals surface area contributed by atoms with Gasteiger partial charge in [-0.15, -0.1) is 0 Å². The summed E-state index contributed by atoms with van der Waals surface area (Å²) in [7, 11) is 1.83. The van der Waals surface area contributed by atoms with Crippen molar-refractivity contribution in [3.63, 3.8) is 0 Å². The van der Waals surface area contributed by atoms with Gasteiger partial charge in [0.15, 0.2) is 0 Å². The third kappa shape index (κ3) is 2.17. The van der Waals surface area contributed by atoms with Crippen LogP contribution in [0.2, 0.25) is 0 Å². The van der Waals surface area contributed by atoms with Crippen molar-refractivity contribution < 1.29 is 4.79 Å². The number of hydrogen-bond donors (Lipinski definition) is 2. The second-order valence-electron chi connectivity index (χ2n) is 6.45. The first-order valence-corrected chi connectivity index (χ1v) is 7.79. The Labute approximate surface area is 129 Å². The molecular formula is C17H20N4O. The van der Waals surface area contributed by atoms with Crippen molar-refractivity contribution in [1.29, 1.82) is 0 Å². The Bertz CT molecular complexity index is 723. The van der Waals surface area contributed by atoms with Gasteiger partial charge in [0.1, 0.15) is 0 Å². The molecule has 5 heteroatoms. The van der Waals surface area contributed by atoms with E-state index in [4.69, 9.17) is 0 Å². The maximum atomic E-state index is 11.9. The van der Waals surface area contributed by atoms with E-state index in [9.17, 15) is 4.79 Å². The minimum atomic E-state index is -0.152. The minimum absolute atomic E-state index is 0.152. The molecule has 0 unspecified atom stereocenters. The molecule has 4 rings (SSSR count). The van der Waals surface area contributed by atoms with E-state index in [0.717, 1.165) is 12.2 Å². The fourth-order valence-corrected chi connectivity index (χ4v) is 3.88. The largest absolute Gasteiger partial charge is 0.338 e. The molecule has 0 aliphatic heterocycles. The van der Waals surface area contributed by atoms with Gasteiger partial charge in [-0.2, -0.15) is 5.10 Å². The average molecular weight is 296 g/mol. The van der Waals surface area contributed by atoms with Gasteiger partial charge in [0, 0.05) is 25.2 Å². The number of benzene rings is 1. The zero-order valence-corrected chi connectivity index (χ0v) is 12.7. The van der Waals surface area contributed by atoms with Crippen LogP contribution in [-0.2, 0) is 18.9 Å². The first-order chi connectivity index (χ1) is 10.7. The maximum absolute atomic E-state index is 11.9. The molecule has 2 aliphatic carbocycles. The van der Waals surface area contributed by atoms with E-state index < -0.39 is 0 Å². The van der Waals surface area contributed by atoms with E-state index >= 15 is 0 Å². The highest BCUT2D eigenvalue weighted by Crippen LogP contribution is 2.61. The fraction of sp³-hybridized carbons (Fsp3) is 0.412. The second kappa shape index (κ2) is 4.87. The SMILES string of the molecule is Cn1cc(NC(=O)NC[C@@H]2C[C@@]23CCc2ccccc23)cn1. The molecule has 2 amide bonds. The Balaban J connectivity index is 1.34. The van der Waals surface area contributed by atoms with Crippen molar-refractivity contribution in [2.24, 2.45) is 13.0 Å². The van der Waals surface area contributed by atoms with Crippen molar-refractivity contribution in [2.75, 3.05) is 11.9 Å². The predicted octanol–water partition coefficient (Wildman–Crippen LogP) is 2.45. The van der Waals surface area contributed by atoms with Crippen molar-refractivity contribution in [3.05, 3.63) is 47.8 Å². The molecule has 5 nitrogen and oxygen atoms in total. The number of anilines is 1. The molecule has 1 fully saturated rings. The van der Waals surface area contributed by atoms with Crippen LogP contribution in [0.25, 0.3) is 0 Å². The van der Waals surface area contributed by atoms with Crippen molar-refractivity contribution in [2.45, 2.75) is 24.7 Å². The molecule has 1 aromatic carbocycles. The first-order valence-electron chi connectivity index (χ1n) is 7.79. The van der Waals surface area contributed by atoms with Crippen molar-refractivity contribution in [1.82, 2.24) is 15.1 Å². The number of carbonyl (C=O) groups is 1. The highest BCUT2D eigenvalue weighted by atomic mass is 16.2. The molecule has 2 aliphatic rings. The molecular weight excluding hydrogens is 276 g/mol. The number of fused-ring (bicyclic) bond motifs is 2. The average Bonchev–Trinajstić information content (AvgIpc) is 2.87. The van der Waals surface area contributed by atoms with E-state index in [1.54, 1.807) is 17.1 Å². The van der Waals surface area contributed by atoms with E-state index in [0.29, 0.717) is 11.3 Å². The third-order valence-corrected chi connectivity index (χ3v) is 5.10. The van der Waals surface area contributed by atoms with Crippen LogP contribution in [0.1, 0.15) is 24.0 Å². The lowest BCUT2D eigenvalue weighted by Gasteiger charge is -2.12. The molecule has 1 aromatic heterocycles. The topological polar surface area (TPSA) is 59.0 Å². The summed E-state index contributed by atoms with van der Waals surface area (Å²) in [6.45, 7) is 0.737. The van der Waals surface area contributed by atoms with Gasteiger partial charge < -0.3 is 10.6 Å². The summed E-state index contributed by atoms with van der Waals surface area (Å²) < 4.78 is 1.67. The Morgan fingerprint density at radius 2 is 2.32 bits per heavy atom. The van der Waals surface area contributed by atoms with Crippen LogP contribution in [0, 0.1) is 5.92 Å². The number of rotatable bonds is 3. The van der Waals surface area contributed by atoms with Gasteiger partial charge in [0.2, 0.25) is 0 Å². The summed E-state index contributed by atoms with van der Waals surface area (Å²) in [6, 6.07) is 8.60. The fourth-order valence-electron chi connectivity index (χ4n) is 3.88. The van der Waals surface area contributed by atoms with E-state index in [1.165, 1.54) is 30.4 Å². The third-order valence-electron chi connectivity index (χ3n) is 5.10. The number of carbonyl (C=O) groups excluding carboxylic acids is 1. The number of aromatic nitrogens is 2. The summed E-state index contributed by atoms with van der Waals surface area (Å²) >= 11 is 0. The van der Waals surface area contributed by atoms with E-state index in [-0.39, 0.29) is 6.03 Å². The summed E-state index contributed by atoms with van der Waals surface area (Å²) in [5.41, 5.74) is 4.05. The maximum Gasteiger partial charge on any atom is 0.319 e. The molecule has 22 heavy (non-hydrogen) atoms. The summed E-state index contributed by atoms with van der Waals surface area (Å²) in [5.74, 6) is 0.566. The highest BCUT2D eigenvalue weighted by molar-refractivity contribution is 5.88. The molecule has 2 atom stereocenters. The summed E-state index contributed by atoms with van der Waals surface area (Å²) in [4.78, 5) is 11.9. The van der Waals surface area contributed by atoms with E-state index in [1.807, 2.05) is 7.05 Å². The van der Waals surface area contributed by atoms with Crippen LogP contribution in [0.4, 0.5) is 10.5 Å². The monoisotopic (exact) mass is 296 g/mol. The minimum Gasteiger partial charge on any atom is -0.338 e. The number of urea groups is 1. The van der Waals surface area contributed by atoms with Crippen LogP contribution in [-0.4, -0.2) is 22.4 Å². The van der Waals surface area contributed by atoms with Crippen molar-refractivity contribution >= 4 is 11.7 Å². The molecule has 2 N–H and O–H groups in total. The molecule has 0 bridgehead atoms. The number of amides is 2. The van der Waals surface area contributed by atoms with Gasteiger partial charge in [0.05, 0.1) is 11.9 Å². The van der Waals surface area contributed by atoms with Gasteiger partial charge in [-0.3, -0.25) is 4.68 Å². The van der Waals surface area contributed by atoms with Crippen LogP contribution >= 0.6 is 0 Å². The second-order valence-corrected chi connectivity index (χ2v) is 6.45. The van der Waals surface area contributed by atoms with Crippen LogP contribution in [0.5, 0.6) is 0 Å². The zero-order chi connectivity index (χ0) is 15.2. The lowest BCUT2D eigenvalue weighted by molar-refractivity contribution is 0.251. The lowest BCUT2D eigenvalue weighted by atomic mass is 9.95. The predicted molar refractivity (Wildman–Crippen MR) is 84.8 cm³/mol. The molecule has 2 aromatic rings. The standard InChI is InChI=1S/C17H20N4O/c1-21-11-14(10-19-21)20-16(22)18-9-13-8-17(13)7-6-12-4-2-3-5-15(12)17/h2-5,10-11,13H,6-9H2,1H3,(H2,18,20,22)/t13-,17-/m0/s1. The summed E-state index contributed by atoms with van der Waals surface area (Å²) in [5, 5.41) is 9.84. The molecule has 1 saturated carbocycles. The number of aryl methyl sites for hydroxylation is 2. The molecule has 114 valence electrons. The van der Waals surface area contributed by atoms with Crippen molar-refractivity contribution in [3.8, 4) is 0 Å². The van der Waals surface area contributed by atoms with Gasteiger partial charge in [0.25, 0.3) is 0 Å². The molecule has 1 heterocycles. The quantitative estimate of drug-likeness (QED) is 0.914. The van der Waals surface area contributed by atoms with Crippen LogP contribution < -0.4 is 10.6 Å². The highest BCUT2D eigenvalue weighted by Gasteiger charge is 2.57. The van der Waals surface area contributed by atoms with Crippen LogP contribution in [0.3, 0.4) is 0 Å². The Morgan fingerprint density at radius 3 is 3.14 bits per heavy atom. The van der Waals surface area contributed by atoms with Gasteiger partial charge >= 0.3 is 6.03 Å². The number of nitrogens with zero attached hydrogens (tertiary/aromatic N) is 2. The van der Waals surface area contributed by atoms with E-state index in [2.05, 4.69) is 40.0 Å². The molecule has 1 spiro atoms. The summed E-state index contributed by atoms with van der Waals surface area (Å²) in [6.07, 6.45) is 7.02. The number of nitrogens with one attached hydrogen (secondary N) is 2.